The Morgan fingerprint density at radius 1 is 0.973 bits per heavy atom. The summed E-state index contributed by atoms with van der Waals surface area (Å²) >= 11 is 0. The molecule has 3 aromatic heterocycles. The van der Waals surface area contributed by atoms with Gasteiger partial charge in [0.25, 0.3) is 5.91 Å². The van der Waals surface area contributed by atoms with Crippen LogP contribution in [0.15, 0.2) is 91.1 Å². The number of pyridine rings is 1. The Balaban J connectivity index is 1.22. The Labute approximate surface area is 215 Å². The van der Waals surface area contributed by atoms with Crippen LogP contribution in [0.1, 0.15) is 40.4 Å². The summed E-state index contributed by atoms with van der Waals surface area (Å²) in [6.45, 7) is 0.663. The Morgan fingerprint density at radius 2 is 1.76 bits per heavy atom. The number of nitrogens with zero attached hydrogens (tertiary/aromatic N) is 5. The van der Waals surface area contributed by atoms with Crippen molar-refractivity contribution in [3.8, 4) is 11.4 Å². The highest BCUT2D eigenvalue weighted by atomic mass is 16.2. The Bertz CT molecular complexity index is 1530. The summed E-state index contributed by atoms with van der Waals surface area (Å²) in [5, 5.41) is 8.31. The summed E-state index contributed by atoms with van der Waals surface area (Å²) in [7, 11) is 1.85. The van der Waals surface area contributed by atoms with E-state index in [1.807, 2.05) is 78.3 Å². The number of amides is 1. The second kappa shape index (κ2) is 9.85. The normalized spacial score (nSPS) is 13.0. The lowest BCUT2D eigenvalue weighted by atomic mass is 10.1. The summed E-state index contributed by atoms with van der Waals surface area (Å²) < 4.78 is 1.86. The van der Waals surface area contributed by atoms with Crippen molar-refractivity contribution in [2.75, 3.05) is 18.9 Å². The molecule has 1 aliphatic rings. The fourth-order valence-electron chi connectivity index (χ4n) is 4.41. The molecule has 1 aliphatic carbocycles. The van der Waals surface area contributed by atoms with Crippen LogP contribution in [0.25, 0.3) is 17.0 Å². The standard InChI is InChI=1S/C30H28N6O/c1-35(18-16-21-7-3-2-4-8-21)30(37)23-12-14-24(15-13-23)32-28-20-27(25-9-5-6-17-31-25)33-29-19-26(22-10-11-22)34-36(28)29/h2-9,12-15,17,19-20,22,32H,10-11,16,18H2,1H3. The second-order valence-corrected chi connectivity index (χ2v) is 9.52. The van der Waals surface area contributed by atoms with E-state index in [0.717, 1.165) is 40.7 Å². The molecule has 37 heavy (non-hydrogen) atoms. The van der Waals surface area contributed by atoms with E-state index >= 15 is 0 Å². The molecule has 6 rings (SSSR count). The summed E-state index contributed by atoms with van der Waals surface area (Å²) in [6, 6.07) is 27.6. The molecule has 0 atom stereocenters. The van der Waals surface area contributed by atoms with E-state index in [1.165, 1.54) is 18.4 Å². The number of rotatable bonds is 8. The van der Waals surface area contributed by atoms with Gasteiger partial charge < -0.3 is 10.2 Å². The Kier molecular flexibility index (Phi) is 6.10. The van der Waals surface area contributed by atoms with Crippen LogP contribution in [0.5, 0.6) is 0 Å². The monoisotopic (exact) mass is 488 g/mol. The molecule has 0 saturated heterocycles. The number of benzene rings is 2. The first-order valence-corrected chi connectivity index (χ1v) is 12.6. The first kappa shape index (κ1) is 22.9. The number of carbonyl (C=O) groups is 1. The van der Waals surface area contributed by atoms with E-state index in [9.17, 15) is 4.79 Å². The maximum absolute atomic E-state index is 13.0. The zero-order valence-corrected chi connectivity index (χ0v) is 20.7. The molecule has 0 unspecified atom stereocenters. The van der Waals surface area contributed by atoms with Crippen molar-refractivity contribution in [1.82, 2.24) is 24.5 Å². The van der Waals surface area contributed by atoms with Crippen molar-refractivity contribution in [2.24, 2.45) is 0 Å². The van der Waals surface area contributed by atoms with Crippen LogP contribution in [0.4, 0.5) is 11.5 Å². The van der Waals surface area contributed by atoms with E-state index in [4.69, 9.17) is 10.1 Å². The molecule has 0 radical (unpaired) electrons. The van der Waals surface area contributed by atoms with Crippen LogP contribution in [0, 0.1) is 0 Å². The van der Waals surface area contributed by atoms with Crippen molar-refractivity contribution < 1.29 is 4.79 Å². The fraction of sp³-hybridized carbons (Fsp3) is 0.200. The third kappa shape index (κ3) is 5.07. The third-order valence-electron chi connectivity index (χ3n) is 6.70. The highest BCUT2D eigenvalue weighted by molar-refractivity contribution is 5.94. The molecule has 3 heterocycles. The van der Waals surface area contributed by atoms with E-state index in [0.29, 0.717) is 18.0 Å². The van der Waals surface area contributed by atoms with Gasteiger partial charge in [-0.25, -0.2) is 4.98 Å². The lowest BCUT2D eigenvalue weighted by Gasteiger charge is -2.17. The molecular weight excluding hydrogens is 460 g/mol. The van der Waals surface area contributed by atoms with Crippen LogP contribution >= 0.6 is 0 Å². The lowest BCUT2D eigenvalue weighted by molar-refractivity contribution is 0.0796. The minimum atomic E-state index is 0.00683. The van der Waals surface area contributed by atoms with Crippen LogP contribution < -0.4 is 5.32 Å². The van der Waals surface area contributed by atoms with Gasteiger partial charge >= 0.3 is 0 Å². The zero-order chi connectivity index (χ0) is 25.2. The van der Waals surface area contributed by atoms with Gasteiger partial charge in [0.1, 0.15) is 5.82 Å². The van der Waals surface area contributed by atoms with Crippen molar-refractivity contribution in [3.05, 3.63) is 108 Å². The SMILES string of the molecule is CN(CCc1ccccc1)C(=O)c1ccc(Nc2cc(-c3ccccn3)nc3cc(C4CC4)nn23)cc1. The molecule has 1 fully saturated rings. The van der Waals surface area contributed by atoms with Gasteiger partial charge in [0.2, 0.25) is 0 Å². The van der Waals surface area contributed by atoms with Gasteiger partial charge in [-0.3, -0.25) is 9.78 Å². The molecule has 7 heteroatoms. The summed E-state index contributed by atoms with van der Waals surface area (Å²) in [6.07, 6.45) is 4.95. The molecule has 0 spiro atoms. The maximum atomic E-state index is 13.0. The van der Waals surface area contributed by atoms with Gasteiger partial charge in [0.15, 0.2) is 5.65 Å². The second-order valence-electron chi connectivity index (χ2n) is 9.52. The molecule has 0 bridgehead atoms. The fourth-order valence-corrected chi connectivity index (χ4v) is 4.41. The molecule has 1 N–H and O–H groups in total. The quantitative estimate of drug-likeness (QED) is 0.302. The Hall–Kier alpha value is -4.52. The number of fused-ring (bicyclic) bond motifs is 1. The van der Waals surface area contributed by atoms with Gasteiger partial charge in [-0.2, -0.15) is 9.61 Å². The highest BCUT2D eigenvalue weighted by Gasteiger charge is 2.27. The molecule has 1 amide bonds. The topological polar surface area (TPSA) is 75.4 Å². The molecule has 5 aromatic rings. The smallest absolute Gasteiger partial charge is 0.253 e. The number of carbonyl (C=O) groups excluding carboxylic acids is 1. The summed E-state index contributed by atoms with van der Waals surface area (Å²) in [4.78, 5) is 24.0. The lowest BCUT2D eigenvalue weighted by Crippen LogP contribution is -2.28. The first-order valence-electron chi connectivity index (χ1n) is 12.6. The van der Waals surface area contributed by atoms with Crippen LogP contribution in [-0.2, 0) is 6.42 Å². The molecule has 0 aliphatic heterocycles. The number of nitrogens with one attached hydrogen (secondary N) is 1. The van der Waals surface area contributed by atoms with E-state index < -0.39 is 0 Å². The average Bonchev–Trinajstić information content (AvgIpc) is 3.71. The van der Waals surface area contributed by atoms with Crippen LogP contribution in [0.3, 0.4) is 0 Å². The number of anilines is 2. The van der Waals surface area contributed by atoms with E-state index in [-0.39, 0.29) is 5.91 Å². The predicted octanol–water partition coefficient (Wildman–Crippen LogP) is 5.73. The van der Waals surface area contributed by atoms with E-state index in [1.54, 1.807) is 11.1 Å². The minimum Gasteiger partial charge on any atom is -0.341 e. The first-order chi connectivity index (χ1) is 18.1. The number of hydrogen-bond acceptors (Lipinski definition) is 5. The van der Waals surface area contributed by atoms with Gasteiger partial charge in [-0.05, 0) is 61.2 Å². The van der Waals surface area contributed by atoms with Crippen LogP contribution in [0.2, 0.25) is 0 Å². The van der Waals surface area contributed by atoms with Crippen molar-refractivity contribution in [3.63, 3.8) is 0 Å². The van der Waals surface area contributed by atoms with E-state index in [2.05, 4.69) is 28.5 Å². The number of likely N-dealkylation sites (N-methyl/N-ethyl adjacent to an activating group) is 1. The number of aromatic nitrogens is 4. The third-order valence-corrected chi connectivity index (χ3v) is 6.70. The molecular formula is C30H28N6O. The zero-order valence-electron chi connectivity index (χ0n) is 20.7. The highest BCUT2D eigenvalue weighted by Crippen LogP contribution is 2.40. The van der Waals surface area contributed by atoms with Gasteiger partial charge in [0, 0.05) is 49.1 Å². The number of hydrogen-bond donors (Lipinski definition) is 1. The maximum Gasteiger partial charge on any atom is 0.253 e. The van der Waals surface area contributed by atoms with Gasteiger partial charge in [-0.1, -0.05) is 36.4 Å². The van der Waals surface area contributed by atoms with Gasteiger partial charge in [0.05, 0.1) is 17.1 Å². The molecule has 184 valence electrons. The van der Waals surface area contributed by atoms with Gasteiger partial charge in [-0.15, -0.1) is 0 Å². The molecule has 2 aromatic carbocycles. The minimum absolute atomic E-state index is 0.00683. The van der Waals surface area contributed by atoms with Crippen molar-refractivity contribution >= 4 is 23.1 Å². The Morgan fingerprint density at radius 3 is 2.49 bits per heavy atom. The molecule has 1 saturated carbocycles. The average molecular weight is 489 g/mol. The van der Waals surface area contributed by atoms with Crippen molar-refractivity contribution in [2.45, 2.75) is 25.2 Å². The molecule has 7 nitrogen and oxygen atoms in total. The predicted molar refractivity (Wildman–Crippen MR) is 145 cm³/mol. The summed E-state index contributed by atoms with van der Waals surface area (Å²) in [5.74, 6) is 1.33. The largest absolute Gasteiger partial charge is 0.341 e. The van der Waals surface area contributed by atoms with Crippen molar-refractivity contribution in [1.29, 1.82) is 0 Å². The summed E-state index contributed by atoms with van der Waals surface area (Å²) in [5.41, 5.74) is 6.20. The van der Waals surface area contributed by atoms with Crippen LogP contribution in [-0.4, -0.2) is 44.0 Å².